The summed E-state index contributed by atoms with van der Waals surface area (Å²) >= 11 is 0. The second kappa shape index (κ2) is 5.23. The van der Waals surface area contributed by atoms with Crippen LogP contribution >= 0.6 is 0 Å². The number of rotatable bonds is 3. The van der Waals surface area contributed by atoms with Gasteiger partial charge in [0.1, 0.15) is 0 Å². The third kappa shape index (κ3) is 2.50. The molecule has 2 aromatic rings. The van der Waals surface area contributed by atoms with E-state index in [1.54, 1.807) is 0 Å². The summed E-state index contributed by atoms with van der Waals surface area (Å²) in [5, 5.41) is 0. The second-order valence-corrected chi connectivity index (χ2v) is 4.89. The zero-order chi connectivity index (χ0) is 13.1. The van der Waals surface area contributed by atoms with Gasteiger partial charge in [0.05, 0.1) is 0 Å². The number of hydrogen-bond acceptors (Lipinski definition) is 1. The molecule has 1 nitrogen and oxygen atoms in total. The lowest BCUT2D eigenvalue weighted by atomic mass is 9.99. The van der Waals surface area contributed by atoms with Gasteiger partial charge in [-0.2, -0.15) is 0 Å². The lowest BCUT2D eigenvalue weighted by molar-refractivity contribution is 0.103. The summed E-state index contributed by atoms with van der Waals surface area (Å²) < 4.78 is 0. The van der Waals surface area contributed by atoms with Crippen molar-refractivity contribution in [3.8, 4) is 11.1 Å². The topological polar surface area (TPSA) is 17.1 Å². The van der Waals surface area contributed by atoms with Crippen molar-refractivity contribution >= 4 is 5.78 Å². The monoisotopic (exact) mass is 248 g/mol. The van der Waals surface area contributed by atoms with E-state index in [2.05, 4.69) is 18.2 Å². The Balaban J connectivity index is 1.85. The van der Waals surface area contributed by atoms with Crippen LogP contribution in [0, 0.1) is 0 Å². The first-order chi connectivity index (χ1) is 9.34. The number of allylic oxidation sites excluding steroid dienone is 2. The summed E-state index contributed by atoms with van der Waals surface area (Å²) in [7, 11) is 0. The van der Waals surface area contributed by atoms with Crippen LogP contribution in [0.25, 0.3) is 11.1 Å². The molecule has 0 amide bonds. The van der Waals surface area contributed by atoms with Crippen molar-refractivity contribution in [2.24, 2.45) is 0 Å². The van der Waals surface area contributed by atoms with E-state index < -0.39 is 0 Å². The van der Waals surface area contributed by atoms with Crippen molar-refractivity contribution in [2.75, 3.05) is 0 Å². The van der Waals surface area contributed by atoms with E-state index in [1.165, 1.54) is 5.56 Å². The molecule has 3 rings (SSSR count). The van der Waals surface area contributed by atoms with Crippen LogP contribution in [0.4, 0.5) is 0 Å². The molecule has 0 bridgehead atoms. The summed E-state index contributed by atoms with van der Waals surface area (Å²) in [5.41, 5.74) is 4.11. The molecule has 94 valence electrons. The van der Waals surface area contributed by atoms with Gasteiger partial charge in [0.25, 0.3) is 0 Å². The Morgan fingerprint density at radius 3 is 2.16 bits per heavy atom. The first-order valence-corrected chi connectivity index (χ1v) is 6.74. The van der Waals surface area contributed by atoms with Gasteiger partial charge in [-0.25, -0.2) is 0 Å². The highest BCUT2D eigenvalue weighted by molar-refractivity contribution is 6.09. The largest absolute Gasteiger partial charge is 0.289 e. The maximum Gasteiger partial charge on any atom is 0.188 e. The van der Waals surface area contributed by atoms with Crippen LogP contribution in [-0.4, -0.2) is 5.78 Å². The minimum atomic E-state index is 0.192. The van der Waals surface area contributed by atoms with Crippen LogP contribution in [0.3, 0.4) is 0 Å². The third-order valence-corrected chi connectivity index (χ3v) is 3.59. The van der Waals surface area contributed by atoms with E-state index in [0.29, 0.717) is 0 Å². The zero-order valence-corrected chi connectivity index (χ0v) is 10.8. The molecule has 0 unspecified atom stereocenters. The highest BCUT2D eigenvalue weighted by atomic mass is 16.1. The minimum absolute atomic E-state index is 0.192. The van der Waals surface area contributed by atoms with Gasteiger partial charge in [-0.3, -0.25) is 4.79 Å². The van der Waals surface area contributed by atoms with Crippen molar-refractivity contribution in [1.29, 1.82) is 0 Å². The zero-order valence-electron chi connectivity index (χ0n) is 10.8. The summed E-state index contributed by atoms with van der Waals surface area (Å²) in [6.07, 6.45) is 5.17. The number of carbonyl (C=O) groups is 1. The molecule has 0 N–H and O–H groups in total. The fourth-order valence-electron chi connectivity index (χ4n) is 2.51. The van der Waals surface area contributed by atoms with Crippen LogP contribution in [0.2, 0.25) is 0 Å². The number of benzene rings is 2. The van der Waals surface area contributed by atoms with Crippen LogP contribution in [0.1, 0.15) is 29.6 Å². The molecule has 0 radical (unpaired) electrons. The smallest absolute Gasteiger partial charge is 0.188 e. The maximum absolute atomic E-state index is 12.2. The molecule has 0 fully saturated rings. The molecule has 0 saturated carbocycles. The lowest BCUT2D eigenvalue weighted by Crippen LogP contribution is -2.01. The van der Waals surface area contributed by atoms with Crippen molar-refractivity contribution in [3.63, 3.8) is 0 Å². The molecule has 0 aliphatic heterocycles. The number of hydrogen-bond donors (Lipinski definition) is 0. The highest BCUT2D eigenvalue weighted by Gasteiger charge is 2.15. The predicted molar refractivity (Wildman–Crippen MR) is 78.1 cm³/mol. The normalized spacial score (nSPS) is 14.2. The van der Waals surface area contributed by atoms with Crippen LogP contribution in [0.5, 0.6) is 0 Å². The minimum Gasteiger partial charge on any atom is -0.289 e. The van der Waals surface area contributed by atoms with Gasteiger partial charge in [-0.1, -0.05) is 60.7 Å². The number of Topliss-reactive ketones (excluding diaryl/α,β-unsaturated/α-hetero) is 1. The first kappa shape index (κ1) is 11.9. The van der Waals surface area contributed by atoms with Gasteiger partial charge in [0.2, 0.25) is 0 Å². The average molecular weight is 248 g/mol. The molecule has 1 aliphatic carbocycles. The molecule has 0 aromatic heterocycles. The Bertz CT molecular complexity index is 606. The second-order valence-electron chi connectivity index (χ2n) is 4.89. The Morgan fingerprint density at radius 2 is 1.53 bits per heavy atom. The maximum atomic E-state index is 12.2. The van der Waals surface area contributed by atoms with Crippen LogP contribution < -0.4 is 0 Å². The molecular weight excluding hydrogens is 232 g/mol. The molecule has 1 aliphatic rings. The number of carbonyl (C=O) groups excluding carboxylic acids is 1. The van der Waals surface area contributed by atoms with Crippen LogP contribution in [0.15, 0.2) is 66.2 Å². The van der Waals surface area contributed by atoms with Gasteiger partial charge in [0.15, 0.2) is 5.78 Å². The molecule has 2 aromatic carbocycles. The Hall–Kier alpha value is -2.15. The Morgan fingerprint density at radius 1 is 0.842 bits per heavy atom. The van der Waals surface area contributed by atoms with E-state index in [1.807, 2.05) is 42.5 Å². The third-order valence-electron chi connectivity index (χ3n) is 3.59. The van der Waals surface area contributed by atoms with Gasteiger partial charge in [-0.15, -0.1) is 0 Å². The predicted octanol–water partition coefficient (Wildman–Crippen LogP) is 4.65. The quantitative estimate of drug-likeness (QED) is 0.723. The van der Waals surface area contributed by atoms with E-state index in [9.17, 15) is 4.79 Å². The molecule has 0 heterocycles. The van der Waals surface area contributed by atoms with E-state index >= 15 is 0 Å². The van der Waals surface area contributed by atoms with Crippen molar-refractivity contribution < 1.29 is 4.79 Å². The van der Waals surface area contributed by atoms with E-state index in [0.717, 1.165) is 36.0 Å². The standard InChI is InChI=1S/C18H16O/c19-18(16-8-4-5-9-16)17-12-10-15(11-13-17)14-6-2-1-3-7-14/h1-3,6-8,10-13H,4-5,9H2. The summed E-state index contributed by atoms with van der Waals surface area (Å²) in [4.78, 5) is 12.2. The molecule has 0 atom stereocenters. The van der Waals surface area contributed by atoms with Gasteiger partial charge >= 0.3 is 0 Å². The fourth-order valence-corrected chi connectivity index (χ4v) is 2.51. The molecular formula is C18H16O. The average Bonchev–Trinajstić information content (AvgIpc) is 3.02. The highest BCUT2D eigenvalue weighted by Crippen LogP contribution is 2.24. The molecule has 1 heteroatoms. The van der Waals surface area contributed by atoms with Crippen molar-refractivity contribution in [1.82, 2.24) is 0 Å². The summed E-state index contributed by atoms with van der Waals surface area (Å²) in [6, 6.07) is 18.1. The summed E-state index contributed by atoms with van der Waals surface area (Å²) in [6.45, 7) is 0. The van der Waals surface area contributed by atoms with Crippen molar-refractivity contribution in [3.05, 3.63) is 71.8 Å². The van der Waals surface area contributed by atoms with Gasteiger partial charge in [0, 0.05) is 5.56 Å². The fraction of sp³-hybridized carbons (Fsp3) is 0.167. The van der Waals surface area contributed by atoms with Crippen molar-refractivity contribution in [2.45, 2.75) is 19.3 Å². The molecule has 0 spiro atoms. The van der Waals surface area contributed by atoms with Gasteiger partial charge in [-0.05, 0) is 36.0 Å². The Labute approximate surface area is 113 Å². The SMILES string of the molecule is O=C(C1=CCCC1)c1ccc(-c2ccccc2)cc1. The molecule has 19 heavy (non-hydrogen) atoms. The summed E-state index contributed by atoms with van der Waals surface area (Å²) in [5.74, 6) is 0.192. The number of ketones is 1. The first-order valence-electron chi connectivity index (χ1n) is 6.74. The van der Waals surface area contributed by atoms with Crippen LogP contribution in [-0.2, 0) is 0 Å². The Kier molecular flexibility index (Phi) is 3.28. The van der Waals surface area contributed by atoms with E-state index in [4.69, 9.17) is 0 Å². The van der Waals surface area contributed by atoms with E-state index in [-0.39, 0.29) is 5.78 Å². The van der Waals surface area contributed by atoms with Gasteiger partial charge < -0.3 is 0 Å². The molecule has 0 saturated heterocycles. The lowest BCUT2D eigenvalue weighted by Gasteiger charge is -2.04.